The average Bonchev–Trinajstić information content (AvgIpc) is 2.32. The van der Waals surface area contributed by atoms with Crippen molar-refractivity contribution in [2.75, 3.05) is 0 Å². The second kappa shape index (κ2) is 5.84. The maximum Gasteiger partial charge on any atom is 0.0279 e. The fourth-order valence-electron chi connectivity index (χ4n) is 1.65. The van der Waals surface area contributed by atoms with Crippen LogP contribution in [0.25, 0.3) is 0 Å². The lowest BCUT2D eigenvalue weighted by Crippen LogP contribution is -2.18. The molecule has 0 fully saturated rings. The Bertz CT molecular complexity index is 469. The van der Waals surface area contributed by atoms with Crippen molar-refractivity contribution in [2.45, 2.75) is 29.2 Å². The van der Waals surface area contributed by atoms with Crippen molar-refractivity contribution in [1.82, 2.24) is 4.98 Å². The van der Waals surface area contributed by atoms with Gasteiger partial charge in [-0.2, -0.15) is 0 Å². The molecule has 2 nitrogen and oxygen atoms in total. The maximum absolute atomic E-state index is 5.87. The minimum Gasteiger partial charge on any atom is -0.328 e. The summed E-state index contributed by atoms with van der Waals surface area (Å²) in [5.41, 5.74) is 7.18. The van der Waals surface area contributed by atoms with E-state index in [9.17, 15) is 0 Å². The number of benzene rings is 1. The normalized spacial score (nSPS) is 12.4. The van der Waals surface area contributed by atoms with Crippen LogP contribution in [0.4, 0.5) is 0 Å². The molecule has 0 bridgehead atoms. The van der Waals surface area contributed by atoms with E-state index in [1.807, 2.05) is 31.5 Å². The van der Waals surface area contributed by atoms with E-state index in [4.69, 9.17) is 5.73 Å². The van der Waals surface area contributed by atoms with Gasteiger partial charge in [-0.25, -0.2) is 0 Å². The van der Waals surface area contributed by atoms with Gasteiger partial charge in [-0.05, 0) is 37.1 Å². The second-order valence-electron chi connectivity index (χ2n) is 4.07. The van der Waals surface area contributed by atoms with Gasteiger partial charge < -0.3 is 5.73 Å². The van der Waals surface area contributed by atoms with E-state index < -0.39 is 0 Å². The third-order valence-corrected chi connectivity index (χ3v) is 3.52. The smallest absolute Gasteiger partial charge is 0.0279 e. The third kappa shape index (κ3) is 3.58. The highest BCUT2D eigenvalue weighted by Gasteiger charge is 2.05. The lowest BCUT2D eigenvalue weighted by Gasteiger charge is -2.10. The van der Waals surface area contributed by atoms with Gasteiger partial charge in [-0.3, -0.25) is 4.98 Å². The average molecular weight is 244 g/mol. The van der Waals surface area contributed by atoms with Gasteiger partial charge in [0.1, 0.15) is 0 Å². The number of nitrogens with two attached hydrogens (primary N) is 1. The van der Waals surface area contributed by atoms with Crippen LogP contribution in [0, 0.1) is 0 Å². The minimum atomic E-state index is 0.189. The van der Waals surface area contributed by atoms with Gasteiger partial charge in [0.15, 0.2) is 0 Å². The van der Waals surface area contributed by atoms with Crippen LogP contribution < -0.4 is 5.73 Å². The first-order valence-electron chi connectivity index (χ1n) is 5.67. The Balaban J connectivity index is 2.20. The highest BCUT2D eigenvalue weighted by molar-refractivity contribution is 7.99. The molecule has 1 heterocycles. The number of aromatic nitrogens is 1. The molecule has 1 atom stereocenters. The first kappa shape index (κ1) is 12.1. The number of rotatable bonds is 4. The molecule has 88 valence electrons. The maximum atomic E-state index is 5.87. The Kier molecular flexibility index (Phi) is 4.18. The quantitative estimate of drug-likeness (QED) is 0.898. The van der Waals surface area contributed by atoms with Gasteiger partial charge >= 0.3 is 0 Å². The molecule has 2 aromatic rings. The fraction of sp³-hybridized carbons (Fsp3) is 0.214. The summed E-state index contributed by atoms with van der Waals surface area (Å²) < 4.78 is 0. The highest BCUT2D eigenvalue weighted by Crippen LogP contribution is 2.30. The zero-order chi connectivity index (χ0) is 12.1. The number of hydrogen-bond acceptors (Lipinski definition) is 3. The SMILES string of the molecule is CC(N)Cc1ccccc1Sc1ccncc1. The highest BCUT2D eigenvalue weighted by atomic mass is 32.2. The van der Waals surface area contributed by atoms with E-state index in [1.165, 1.54) is 15.4 Å². The summed E-state index contributed by atoms with van der Waals surface area (Å²) in [7, 11) is 0. The van der Waals surface area contributed by atoms with Crippen LogP contribution in [0.1, 0.15) is 12.5 Å². The van der Waals surface area contributed by atoms with Crippen molar-refractivity contribution < 1.29 is 0 Å². The molecule has 2 rings (SSSR count). The van der Waals surface area contributed by atoms with Gasteiger partial charge in [-0.15, -0.1) is 0 Å². The van der Waals surface area contributed by atoms with Gasteiger partial charge in [0.2, 0.25) is 0 Å². The first-order chi connectivity index (χ1) is 8.25. The van der Waals surface area contributed by atoms with Crippen LogP contribution in [-0.2, 0) is 6.42 Å². The molecule has 1 unspecified atom stereocenters. The molecule has 0 saturated carbocycles. The van der Waals surface area contributed by atoms with E-state index in [1.54, 1.807) is 11.8 Å². The summed E-state index contributed by atoms with van der Waals surface area (Å²) in [6.45, 7) is 2.04. The Morgan fingerprint density at radius 1 is 1.18 bits per heavy atom. The lowest BCUT2D eigenvalue weighted by atomic mass is 10.1. The largest absolute Gasteiger partial charge is 0.328 e. The molecule has 2 N–H and O–H groups in total. The zero-order valence-electron chi connectivity index (χ0n) is 9.84. The van der Waals surface area contributed by atoms with Crippen molar-refractivity contribution >= 4 is 11.8 Å². The van der Waals surface area contributed by atoms with Crippen LogP contribution in [0.5, 0.6) is 0 Å². The van der Waals surface area contributed by atoms with E-state index in [-0.39, 0.29) is 6.04 Å². The van der Waals surface area contributed by atoms with Gasteiger partial charge in [0.05, 0.1) is 0 Å². The van der Waals surface area contributed by atoms with Crippen LogP contribution in [0.15, 0.2) is 58.6 Å². The molecule has 3 heteroatoms. The van der Waals surface area contributed by atoms with Crippen LogP contribution in [-0.4, -0.2) is 11.0 Å². The fourth-order valence-corrected chi connectivity index (χ4v) is 2.59. The number of nitrogens with zero attached hydrogens (tertiary/aromatic N) is 1. The van der Waals surface area contributed by atoms with Crippen molar-refractivity contribution in [3.63, 3.8) is 0 Å². The van der Waals surface area contributed by atoms with Gasteiger partial charge in [0.25, 0.3) is 0 Å². The molecule has 1 aromatic carbocycles. The van der Waals surface area contributed by atoms with E-state index >= 15 is 0 Å². The van der Waals surface area contributed by atoms with Crippen LogP contribution >= 0.6 is 11.8 Å². The Morgan fingerprint density at radius 3 is 2.59 bits per heavy atom. The minimum absolute atomic E-state index is 0.189. The summed E-state index contributed by atoms with van der Waals surface area (Å²) >= 11 is 1.76. The first-order valence-corrected chi connectivity index (χ1v) is 6.48. The van der Waals surface area contributed by atoms with E-state index in [2.05, 4.69) is 29.2 Å². The monoisotopic (exact) mass is 244 g/mol. The zero-order valence-corrected chi connectivity index (χ0v) is 10.7. The molecule has 0 radical (unpaired) electrons. The molecule has 0 saturated heterocycles. The molecule has 1 aromatic heterocycles. The predicted octanol–water partition coefficient (Wildman–Crippen LogP) is 3.12. The third-order valence-electron chi connectivity index (χ3n) is 2.39. The molecule has 0 aliphatic heterocycles. The number of hydrogen-bond donors (Lipinski definition) is 1. The molecule has 0 spiro atoms. The molecule has 0 amide bonds. The summed E-state index contributed by atoms with van der Waals surface area (Å²) in [6, 6.07) is 12.6. The lowest BCUT2D eigenvalue weighted by molar-refractivity contribution is 0.729. The van der Waals surface area contributed by atoms with Crippen molar-refractivity contribution in [3.8, 4) is 0 Å². The van der Waals surface area contributed by atoms with Crippen molar-refractivity contribution in [2.24, 2.45) is 5.73 Å². The van der Waals surface area contributed by atoms with E-state index in [0.29, 0.717) is 0 Å². The molecule has 0 aliphatic rings. The predicted molar refractivity (Wildman–Crippen MR) is 72.2 cm³/mol. The standard InChI is InChI=1S/C14H16N2S/c1-11(15)10-12-4-2-3-5-14(12)17-13-6-8-16-9-7-13/h2-9,11H,10,15H2,1H3. The van der Waals surface area contributed by atoms with Gasteiger partial charge in [0, 0.05) is 28.2 Å². The molecular formula is C14H16N2S. The van der Waals surface area contributed by atoms with Crippen molar-refractivity contribution in [3.05, 3.63) is 54.4 Å². The van der Waals surface area contributed by atoms with Crippen LogP contribution in [0.3, 0.4) is 0 Å². The summed E-state index contributed by atoms with van der Waals surface area (Å²) in [6.07, 6.45) is 4.54. The Labute approximate surface area is 106 Å². The number of pyridine rings is 1. The second-order valence-corrected chi connectivity index (χ2v) is 5.19. The molecule has 0 aliphatic carbocycles. The molecular weight excluding hydrogens is 228 g/mol. The topological polar surface area (TPSA) is 38.9 Å². The summed E-state index contributed by atoms with van der Waals surface area (Å²) in [5, 5.41) is 0. The summed E-state index contributed by atoms with van der Waals surface area (Å²) in [4.78, 5) is 6.50. The van der Waals surface area contributed by atoms with Crippen LogP contribution in [0.2, 0.25) is 0 Å². The Morgan fingerprint density at radius 2 is 1.88 bits per heavy atom. The summed E-state index contributed by atoms with van der Waals surface area (Å²) in [5.74, 6) is 0. The van der Waals surface area contributed by atoms with E-state index in [0.717, 1.165) is 6.42 Å². The van der Waals surface area contributed by atoms with Crippen molar-refractivity contribution in [1.29, 1.82) is 0 Å². The Hall–Kier alpha value is -1.32. The van der Waals surface area contributed by atoms with Gasteiger partial charge in [-0.1, -0.05) is 30.0 Å². The molecule has 17 heavy (non-hydrogen) atoms.